The first-order valence-corrected chi connectivity index (χ1v) is 8.13. The zero-order valence-corrected chi connectivity index (χ0v) is 13.0. The molecule has 0 spiro atoms. The number of halogens is 1. The van der Waals surface area contributed by atoms with Crippen LogP contribution in [0.5, 0.6) is 5.75 Å². The summed E-state index contributed by atoms with van der Waals surface area (Å²) in [6.45, 7) is 1.22. The maximum atomic E-state index is 13.7. The molecule has 1 N–H and O–H groups in total. The molecular formula is C16H14FN3O2S. The van der Waals surface area contributed by atoms with E-state index in [1.165, 1.54) is 12.1 Å². The number of benzene rings is 1. The van der Waals surface area contributed by atoms with E-state index in [1.807, 2.05) is 11.4 Å². The van der Waals surface area contributed by atoms with Crippen LogP contribution in [0.4, 0.5) is 10.2 Å². The van der Waals surface area contributed by atoms with Crippen molar-refractivity contribution in [2.24, 2.45) is 0 Å². The number of thiophene rings is 1. The van der Waals surface area contributed by atoms with Crippen LogP contribution in [0.25, 0.3) is 10.2 Å². The van der Waals surface area contributed by atoms with Gasteiger partial charge in [-0.05, 0) is 35.6 Å². The first-order chi connectivity index (χ1) is 11.3. The Morgan fingerprint density at radius 3 is 3.22 bits per heavy atom. The van der Waals surface area contributed by atoms with Gasteiger partial charge in [0.2, 0.25) is 0 Å². The molecule has 2 aromatic heterocycles. The first-order valence-electron chi connectivity index (χ1n) is 7.25. The topological polar surface area (TPSA) is 56.3 Å². The van der Waals surface area contributed by atoms with E-state index in [0.717, 1.165) is 32.9 Å². The quantitative estimate of drug-likeness (QED) is 0.794. The molecule has 0 unspecified atom stereocenters. The lowest BCUT2D eigenvalue weighted by Gasteiger charge is -2.21. The minimum atomic E-state index is -0.268. The summed E-state index contributed by atoms with van der Waals surface area (Å²) in [6, 6.07) is 4.98. The molecule has 23 heavy (non-hydrogen) atoms. The number of hydrogen-bond donors (Lipinski definition) is 1. The van der Waals surface area contributed by atoms with Crippen LogP contribution < -0.4 is 10.1 Å². The standard InChI is InChI=1S/C16H14FN3O2S/c17-12-5-10(14-11(6-12)7-21-9-22-14)1-3-18-15-13-2-4-23-16(13)20-8-19-15/h2,4-6,8H,1,3,7,9H2,(H,18,19,20). The van der Waals surface area contributed by atoms with Gasteiger partial charge in [0.1, 0.15) is 28.5 Å². The molecule has 3 aromatic rings. The molecule has 7 heteroatoms. The molecule has 0 bridgehead atoms. The molecule has 0 aliphatic carbocycles. The van der Waals surface area contributed by atoms with E-state index in [0.29, 0.717) is 19.6 Å². The summed E-state index contributed by atoms with van der Waals surface area (Å²) in [6.07, 6.45) is 2.18. The third kappa shape index (κ3) is 2.85. The van der Waals surface area contributed by atoms with Gasteiger partial charge in [0.15, 0.2) is 6.79 Å². The van der Waals surface area contributed by atoms with Gasteiger partial charge in [-0.2, -0.15) is 0 Å². The smallest absolute Gasteiger partial charge is 0.189 e. The molecule has 0 saturated carbocycles. The average molecular weight is 331 g/mol. The highest BCUT2D eigenvalue weighted by molar-refractivity contribution is 7.16. The van der Waals surface area contributed by atoms with Crippen LogP contribution in [-0.4, -0.2) is 23.3 Å². The van der Waals surface area contributed by atoms with E-state index in [1.54, 1.807) is 17.7 Å². The van der Waals surface area contributed by atoms with Gasteiger partial charge in [-0.1, -0.05) is 0 Å². The zero-order chi connectivity index (χ0) is 15.6. The molecule has 118 valence electrons. The predicted molar refractivity (Wildman–Crippen MR) is 86.3 cm³/mol. The van der Waals surface area contributed by atoms with E-state index in [9.17, 15) is 4.39 Å². The third-order valence-electron chi connectivity index (χ3n) is 3.70. The Hall–Kier alpha value is -2.25. The van der Waals surface area contributed by atoms with Crippen molar-refractivity contribution in [1.82, 2.24) is 9.97 Å². The predicted octanol–water partition coefficient (Wildman–Crippen LogP) is 3.35. The lowest BCUT2D eigenvalue weighted by molar-refractivity contribution is -0.0172. The second-order valence-corrected chi connectivity index (χ2v) is 6.10. The van der Waals surface area contributed by atoms with Crippen molar-refractivity contribution in [3.05, 3.63) is 46.9 Å². The van der Waals surface area contributed by atoms with Gasteiger partial charge in [-0.15, -0.1) is 11.3 Å². The highest BCUT2D eigenvalue weighted by Gasteiger charge is 2.16. The molecule has 4 rings (SSSR count). The van der Waals surface area contributed by atoms with Crippen molar-refractivity contribution < 1.29 is 13.9 Å². The number of aromatic nitrogens is 2. The van der Waals surface area contributed by atoms with Crippen LogP contribution in [0.3, 0.4) is 0 Å². The Morgan fingerprint density at radius 2 is 2.26 bits per heavy atom. The van der Waals surface area contributed by atoms with Crippen LogP contribution in [0.1, 0.15) is 11.1 Å². The number of nitrogens with zero attached hydrogens (tertiary/aromatic N) is 2. The highest BCUT2D eigenvalue weighted by atomic mass is 32.1. The Labute approximate surface area is 136 Å². The van der Waals surface area contributed by atoms with Gasteiger partial charge in [-0.25, -0.2) is 14.4 Å². The van der Waals surface area contributed by atoms with Crippen LogP contribution in [0.2, 0.25) is 0 Å². The zero-order valence-electron chi connectivity index (χ0n) is 12.2. The van der Waals surface area contributed by atoms with Crippen LogP contribution >= 0.6 is 11.3 Å². The summed E-state index contributed by atoms with van der Waals surface area (Å²) < 4.78 is 24.4. The Kier molecular flexibility index (Phi) is 3.80. The van der Waals surface area contributed by atoms with Crippen molar-refractivity contribution in [1.29, 1.82) is 0 Å². The summed E-state index contributed by atoms with van der Waals surface area (Å²) in [5, 5.41) is 6.29. The number of hydrogen-bond acceptors (Lipinski definition) is 6. The fourth-order valence-electron chi connectivity index (χ4n) is 2.69. The Balaban J connectivity index is 1.51. The first kappa shape index (κ1) is 14.3. The van der Waals surface area contributed by atoms with Crippen LogP contribution in [0, 0.1) is 5.82 Å². The lowest BCUT2D eigenvalue weighted by Crippen LogP contribution is -2.15. The molecule has 1 aromatic carbocycles. The maximum Gasteiger partial charge on any atom is 0.189 e. The fourth-order valence-corrected chi connectivity index (χ4v) is 3.42. The van der Waals surface area contributed by atoms with Crippen molar-refractivity contribution in [3.63, 3.8) is 0 Å². The summed E-state index contributed by atoms with van der Waals surface area (Å²) in [7, 11) is 0. The molecule has 3 heterocycles. The molecule has 0 fully saturated rings. The molecule has 1 aliphatic heterocycles. The van der Waals surface area contributed by atoms with Crippen LogP contribution in [0.15, 0.2) is 29.9 Å². The second-order valence-electron chi connectivity index (χ2n) is 5.20. The van der Waals surface area contributed by atoms with E-state index < -0.39 is 0 Å². The Morgan fingerprint density at radius 1 is 1.30 bits per heavy atom. The van der Waals surface area contributed by atoms with Gasteiger partial charge in [0.05, 0.1) is 12.0 Å². The second kappa shape index (κ2) is 6.10. The Bertz CT molecular complexity index is 852. The van der Waals surface area contributed by atoms with Gasteiger partial charge in [0.25, 0.3) is 0 Å². The fraction of sp³-hybridized carbons (Fsp3) is 0.250. The van der Waals surface area contributed by atoms with E-state index in [-0.39, 0.29) is 12.6 Å². The molecule has 1 aliphatic rings. The summed E-state index contributed by atoms with van der Waals surface area (Å²) >= 11 is 1.58. The van der Waals surface area contributed by atoms with E-state index in [4.69, 9.17) is 9.47 Å². The lowest BCUT2D eigenvalue weighted by atomic mass is 10.1. The van der Waals surface area contributed by atoms with Gasteiger partial charge >= 0.3 is 0 Å². The third-order valence-corrected chi connectivity index (χ3v) is 4.52. The van der Waals surface area contributed by atoms with Gasteiger partial charge in [-0.3, -0.25) is 0 Å². The van der Waals surface area contributed by atoms with E-state index >= 15 is 0 Å². The monoisotopic (exact) mass is 331 g/mol. The summed E-state index contributed by atoms with van der Waals surface area (Å²) in [5.74, 6) is 1.27. The molecule has 5 nitrogen and oxygen atoms in total. The minimum absolute atomic E-state index is 0.209. The van der Waals surface area contributed by atoms with Crippen LogP contribution in [-0.2, 0) is 17.8 Å². The number of anilines is 1. The number of rotatable bonds is 4. The largest absolute Gasteiger partial charge is 0.467 e. The van der Waals surface area contributed by atoms with Crippen molar-refractivity contribution in [2.45, 2.75) is 13.0 Å². The summed E-state index contributed by atoms with van der Waals surface area (Å²) in [4.78, 5) is 9.45. The molecule has 0 amide bonds. The molecular weight excluding hydrogens is 317 g/mol. The van der Waals surface area contributed by atoms with Crippen molar-refractivity contribution in [3.8, 4) is 5.75 Å². The normalized spacial score (nSPS) is 13.6. The molecule has 0 radical (unpaired) electrons. The number of nitrogens with one attached hydrogen (secondary N) is 1. The van der Waals surface area contributed by atoms with Gasteiger partial charge in [0, 0.05) is 12.1 Å². The number of fused-ring (bicyclic) bond motifs is 2. The molecule has 0 atom stereocenters. The van der Waals surface area contributed by atoms with Gasteiger partial charge < -0.3 is 14.8 Å². The average Bonchev–Trinajstić information content (AvgIpc) is 3.04. The SMILES string of the molecule is Fc1cc(CCNc2ncnc3sccc23)c2c(c1)COCO2. The van der Waals surface area contributed by atoms with Crippen molar-refractivity contribution in [2.75, 3.05) is 18.7 Å². The van der Waals surface area contributed by atoms with E-state index in [2.05, 4.69) is 15.3 Å². The number of ether oxygens (including phenoxy) is 2. The highest BCUT2D eigenvalue weighted by Crippen LogP contribution is 2.30. The summed E-state index contributed by atoms with van der Waals surface area (Å²) in [5.41, 5.74) is 1.60. The minimum Gasteiger partial charge on any atom is -0.467 e. The maximum absolute atomic E-state index is 13.7. The van der Waals surface area contributed by atoms with Crippen molar-refractivity contribution >= 4 is 27.4 Å². The molecule has 0 saturated heterocycles.